The molecule has 1 heterocycles. The van der Waals surface area contributed by atoms with Crippen LogP contribution in [0.2, 0.25) is 0 Å². The molecule has 4 fully saturated rings. The van der Waals surface area contributed by atoms with Gasteiger partial charge in [0.25, 0.3) is 0 Å². The Balaban J connectivity index is 0.000000667. The third-order valence-electron chi connectivity index (χ3n) is 8.11. The molecule has 3 unspecified atom stereocenters. The summed E-state index contributed by atoms with van der Waals surface area (Å²) in [7, 11) is 6.26. The van der Waals surface area contributed by atoms with E-state index in [1.54, 1.807) is 6.08 Å². The first-order chi connectivity index (χ1) is 19.9. The molecule has 4 rings (SSSR count). The van der Waals surface area contributed by atoms with Gasteiger partial charge in [-0.15, -0.1) is 18.1 Å². The van der Waals surface area contributed by atoms with Crippen LogP contribution in [0.5, 0.6) is 0 Å². The van der Waals surface area contributed by atoms with Crippen LogP contribution in [0.15, 0.2) is 37.0 Å². The second-order valence-corrected chi connectivity index (χ2v) is 12.6. The number of methoxy groups -OCH3 is 5. The molecule has 0 radical (unpaired) electrons. The quantitative estimate of drug-likeness (QED) is 0.0919. The van der Waals surface area contributed by atoms with Crippen LogP contribution in [0.4, 0.5) is 0 Å². The number of thioether (sulfide) groups is 2. The van der Waals surface area contributed by atoms with Gasteiger partial charge in [0.15, 0.2) is 10.8 Å². The summed E-state index contributed by atoms with van der Waals surface area (Å²) in [4.78, 5) is 58.3. The summed E-state index contributed by atoms with van der Waals surface area (Å²) in [6.45, 7) is 11.3. The minimum atomic E-state index is -1.33. The van der Waals surface area contributed by atoms with Crippen LogP contribution in [-0.2, 0) is 47.7 Å². The Kier molecular flexibility index (Phi) is 18.3. The first-order valence-electron chi connectivity index (χ1n) is 13.3. The zero-order valence-electron chi connectivity index (χ0n) is 26.3. The molecule has 4 aliphatic rings. The van der Waals surface area contributed by atoms with Crippen molar-refractivity contribution in [2.75, 3.05) is 58.6 Å². The molecule has 0 N–H and O–H groups in total. The number of ether oxygens (including phenoxy) is 5. The van der Waals surface area contributed by atoms with E-state index in [1.165, 1.54) is 52.6 Å². The van der Waals surface area contributed by atoms with Crippen molar-refractivity contribution in [1.29, 1.82) is 0 Å². The number of rotatable bonds is 7. The molecule has 0 spiro atoms. The van der Waals surface area contributed by atoms with Gasteiger partial charge in [-0.05, 0) is 31.6 Å². The van der Waals surface area contributed by atoms with Crippen molar-refractivity contribution in [3.63, 3.8) is 0 Å². The predicted molar refractivity (Wildman–Crippen MR) is 167 cm³/mol. The van der Waals surface area contributed by atoms with E-state index in [2.05, 4.69) is 40.4 Å². The van der Waals surface area contributed by atoms with Crippen LogP contribution in [0.3, 0.4) is 0 Å². The Morgan fingerprint density at radius 3 is 1.68 bits per heavy atom. The van der Waals surface area contributed by atoms with E-state index in [-0.39, 0.29) is 72.6 Å². The SMILES string of the molecule is C=C(C(=O)OC)C12CC1CC(C(=O)OC)(C(=O)OC)C2.C=C1CSC[CH-]CSC1.C=CC1CC1(C(=O)OC)C(=O)OC.[CH3-].[Yb+2]. The molecule has 13 heteroatoms. The largest absolute Gasteiger partial charge is 2.00 e. The molecule has 1 saturated heterocycles. The number of carbonyl (C=O) groups excluding carboxylic acids is 5. The number of esters is 5. The average Bonchev–Trinajstić information content (AvgIpc) is 3.89. The summed E-state index contributed by atoms with van der Waals surface area (Å²) in [6.07, 6.45) is 5.60. The van der Waals surface area contributed by atoms with E-state index in [4.69, 9.17) is 9.47 Å². The summed E-state index contributed by atoms with van der Waals surface area (Å²) >= 11 is 3.94. The van der Waals surface area contributed by atoms with E-state index < -0.39 is 46.1 Å². The van der Waals surface area contributed by atoms with Crippen LogP contribution in [0.1, 0.15) is 25.7 Å². The van der Waals surface area contributed by atoms with Crippen molar-refractivity contribution in [2.45, 2.75) is 25.7 Å². The number of allylic oxidation sites excluding steroid dienone is 1. The van der Waals surface area contributed by atoms with Gasteiger partial charge >= 0.3 is 76.8 Å². The second kappa shape index (κ2) is 18.8. The molecule has 3 saturated carbocycles. The topological polar surface area (TPSA) is 132 Å². The summed E-state index contributed by atoms with van der Waals surface area (Å²) in [5, 5.41) is 0. The minimum absolute atomic E-state index is 0. The number of fused-ring (bicyclic) bond motifs is 1. The Bertz CT molecular complexity index is 1070. The Hall–Kier alpha value is -1.21. The summed E-state index contributed by atoms with van der Waals surface area (Å²) in [5.74, 6) is 1.82. The van der Waals surface area contributed by atoms with Gasteiger partial charge in [0.1, 0.15) is 0 Å². The molecule has 0 amide bonds. The smallest absolute Gasteiger partial charge is 0.468 e. The molecule has 10 nitrogen and oxygen atoms in total. The molecular weight excluding hydrogens is 770 g/mol. The zero-order valence-corrected chi connectivity index (χ0v) is 29.6. The molecule has 44 heavy (non-hydrogen) atoms. The first-order valence-corrected chi connectivity index (χ1v) is 15.6. The molecule has 3 aliphatic carbocycles. The van der Waals surface area contributed by atoms with E-state index in [0.717, 1.165) is 17.9 Å². The van der Waals surface area contributed by atoms with Gasteiger partial charge in [-0.25, -0.2) is 4.79 Å². The molecule has 3 atom stereocenters. The average molecular weight is 814 g/mol. The fourth-order valence-electron chi connectivity index (χ4n) is 5.64. The summed E-state index contributed by atoms with van der Waals surface area (Å²) in [5.41, 5.74) is -1.26. The summed E-state index contributed by atoms with van der Waals surface area (Å²) in [6, 6.07) is 0. The third-order valence-corrected chi connectivity index (χ3v) is 10.3. The van der Waals surface area contributed by atoms with Gasteiger partial charge in [-0.2, -0.15) is 23.5 Å². The summed E-state index contributed by atoms with van der Waals surface area (Å²) < 4.78 is 23.3. The third kappa shape index (κ3) is 9.20. The monoisotopic (exact) mass is 814 g/mol. The van der Waals surface area contributed by atoms with Crippen LogP contribution in [0, 0.1) is 88.9 Å². The van der Waals surface area contributed by atoms with Crippen molar-refractivity contribution in [1.82, 2.24) is 0 Å². The standard InChI is InChI=1S/C14H18O6.C9H12O4.C7H11S2.CH3.Yb/c1-8(10(15)18-2)13-5-9(13)6-14(7-13,11(16)19-3)12(17)20-4;1-4-6-5-9(6,7(10)12-2)8(11)13-3;1-7-5-8-3-2-4-9-6-7;;/h9H,1,5-7H2,2-4H3;4,6H,1,5H2,2-3H3;2H,1,3-6H2;1H3;/q;;2*-1;+2. The van der Waals surface area contributed by atoms with E-state index in [9.17, 15) is 24.0 Å². The fourth-order valence-corrected chi connectivity index (χ4v) is 7.50. The molecule has 0 aromatic heterocycles. The van der Waals surface area contributed by atoms with Crippen LogP contribution >= 0.6 is 23.5 Å². The first kappa shape index (κ1) is 42.8. The Labute approximate surface area is 308 Å². The molecular formula is C31H44O10S2Yb. The predicted octanol–water partition coefficient (Wildman–Crippen LogP) is 4.05. The van der Waals surface area contributed by atoms with Gasteiger partial charge < -0.3 is 37.5 Å². The van der Waals surface area contributed by atoms with Crippen molar-refractivity contribution < 1.29 is 94.6 Å². The van der Waals surface area contributed by atoms with Gasteiger partial charge in [-0.3, -0.25) is 19.2 Å². The molecule has 0 bridgehead atoms. The van der Waals surface area contributed by atoms with Crippen LogP contribution in [0.25, 0.3) is 0 Å². The van der Waals surface area contributed by atoms with E-state index in [0.29, 0.717) is 18.4 Å². The van der Waals surface area contributed by atoms with Crippen molar-refractivity contribution in [3.05, 3.63) is 50.8 Å². The van der Waals surface area contributed by atoms with E-state index >= 15 is 0 Å². The fraction of sp³-hybridized carbons (Fsp3) is 0.581. The van der Waals surface area contributed by atoms with Crippen molar-refractivity contribution >= 4 is 53.4 Å². The molecule has 254 valence electrons. The molecule has 0 aromatic rings. The molecule has 0 aromatic carbocycles. The van der Waals surface area contributed by atoms with Gasteiger partial charge in [0, 0.05) is 28.4 Å². The maximum Gasteiger partial charge on any atom is 2.00 e. The van der Waals surface area contributed by atoms with Crippen LogP contribution in [-0.4, -0.2) is 88.4 Å². The Morgan fingerprint density at radius 2 is 1.30 bits per heavy atom. The zero-order chi connectivity index (χ0) is 31.7. The van der Waals surface area contributed by atoms with Crippen molar-refractivity contribution in [3.8, 4) is 0 Å². The maximum absolute atomic E-state index is 12.0. The minimum Gasteiger partial charge on any atom is -0.468 e. The Morgan fingerprint density at radius 1 is 0.818 bits per heavy atom. The van der Waals surface area contributed by atoms with E-state index in [1.807, 2.05) is 23.5 Å². The number of carbonyl (C=O) groups is 5. The van der Waals surface area contributed by atoms with Gasteiger partial charge in [0.05, 0.1) is 35.5 Å². The number of hydrogen-bond donors (Lipinski definition) is 0. The maximum atomic E-state index is 12.0. The second-order valence-electron chi connectivity index (χ2n) is 10.5. The number of hydrogen-bond acceptors (Lipinski definition) is 12. The van der Waals surface area contributed by atoms with Gasteiger partial charge in [0.2, 0.25) is 0 Å². The van der Waals surface area contributed by atoms with Gasteiger partial charge in [-0.1, -0.05) is 24.8 Å². The normalized spacial score (nSPS) is 24.7. The molecule has 1 aliphatic heterocycles. The van der Waals surface area contributed by atoms with Crippen LogP contribution < -0.4 is 0 Å². The van der Waals surface area contributed by atoms with Crippen molar-refractivity contribution in [2.24, 2.45) is 28.1 Å².